The zero-order valence-electron chi connectivity index (χ0n) is 16.2. The van der Waals surface area contributed by atoms with Gasteiger partial charge >= 0.3 is 0 Å². The molecule has 1 aliphatic rings. The highest BCUT2D eigenvalue weighted by atomic mass is 16.1. The Morgan fingerprint density at radius 2 is 1.14 bits per heavy atom. The Balaban J connectivity index is 1.95. The quantitative estimate of drug-likeness (QED) is 0.450. The maximum Gasteiger partial charge on any atom is 0.123 e. The smallest absolute Gasteiger partial charge is 0.123 e. The molecule has 0 bridgehead atoms. The van der Waals surface area contributed by atoms with Crippen molar-refractivity contribution in [1.29, 1.82) is 0 Å². The van der Waals surface area contributed by atoms with Crippen molar-refractivity contribution in [2.24, 2.45) is 5.92 Å². The van der Waals surface area contributed by atoms with Crippen LogP contribution in [0.5, 0.6) is 0 Å². The maximum atomic E-state index is 11.5. The van der Waals surface area contributed by atoms with E-state index in [-0.39, 0.29) is 11.5 Å². The van der Waals surface area contributed by atoms with Crippen LogP contribution in [0.4, 0.5) is 0 Å². The Labute approximate surface area is 167 Å². The first kappa shape index (κ1) is 18.6. The Morgan fingerprint density at radius 1 is 0.679 bits per heavy atom. The number of carbonyl (C=O) groups is 1. The second kappa shape index (κ2) is 8.53. The van der Waals surface area contributed by atoms with Crippen LogP contribution in [0.2, 0.25) is 0 Å². The molecule has 0 N–H and O–H groups in total. The van der Waals surface area contributed by atoms with Crippen molar-refractivity contribution in [1.82, 2.24) is 4.90 Å². The van der Waals surface area contributed by atoms with Gasteiger partial charge in [-0.3, -0.25) is 4.90 Å². The molecule has 2 nitrogen and oxygen atoms in total. The van der Waals surface area contributed by atoms with Gasteiger partial charge in [0.2, 0.25) is 0 Å². The fourth-order valence-corrected chi connectivity index (χ4v) is 4.68. The van der Waals surface area contributed by atoms with Gasteiger partial charge in [-0.05, 0) is 42.5 Å². The second-order valence-corrected chi connectivity index (χ2v) is 7.62. The predicted octanol–water partition coefficient (Wildman–Crippen LogP) is 5.28. The molecule has 0 aromatic heterocycles. The van der Waals surface area contributed by atoms with E-state index >= 15 is 0 Å². The van der Waals surface area contributed by atoms with E-state index in [1.807, 2.05) is 0 Å². The lowest BCUT2D eigenvalue weighted by atomic mass is 9.75. The standard InChI is InChI=1S/C26H27NO/c28-21-22-11-10-19-27(20-18-22)26(23-12-4-1-5-13-23,24-14-6-2-7-15-24)25-16-8-3-9-17-25/h1-9,12-17,21-22H,10-11,18-20H2. The van der Waals surface area contributed by atoms with Gasteiger partial charge in [0.05, 0.1) is 5.54 Å². The van der Waals surface area contributed by atoms with Gasteiger partial charge < -0.3 is 4.79 Å². The average molecular weight is 370 g/mol. The van der Waals surface area contributed by atoms with E-state index in [1.165, 1.54) is 16.7 Å². The summed E-state index contributed by atoms with van der Waals surface area (Å²) >= 11 is 0. The largest absolute Gasteiger partial charge is 0.303 e. The summed E-state index contributed by atoms with van der Waals surface area (Å²) in [6.07, 6.45) is 4.09. The van der Waals surface area contributed by atoms with E-state index in [9.17, 15) is 4.79 Å². The van der Waals surface area contributed by atoms with E-state index < -0.39 is 0 Å². The van der Waals surface area contributed by atoms with Gasteiger partial charge in [-0.1, -0.05) is 91.0 Å². The molecule has 142 valence electrons. The topological polar surface area (TPSA) is 20.3 Å². The minimum absolute atomic E-state index is 0.171. The highest BCUT2D eigenvalue weighted by molar-refractivity contribution is 5.54. The van der Waals surface area contributed by atoms with Crippen molar-refractivity contribution in [3.63, 3.8) is 0 Å². The van der Waals surface area contributed by atoms with Crippen molar-refractivity contribution >= 4 is 6.29 Å². The van der Waals surface area contributed by atoms with Crippen molar-refractivity contribution in [2.45, 2.75) is 24.8 Å². The summed E-state index contributed by atoms with van der Waals surface area (Å²) in [6, 6.07) is 32.4. The number of hydrogen-bond acceptors (Lipinski definition) is 2. The number of hydrogen-bond donors (Lipinski definition) is 0. The third-order valence-corrected chi connectivity index (χ3v) is 6.01. The van der Waals surface area contributed by atoms with Crippen molar-refractivity contribution < 1.29 is 4.79 Å². The van der Waals surface area contributed by atoms with Crippen molar-refractivity contribution in [3.05, 3.63) is 108 Å². The Hall–Kier alpha value is -2.71. The van der Waals surface area contributed by atoms with Crippen LogP contribution in [0.25, 0.3) is 0 Å². The summed E-state index contributed by atoms with van der Waals surface area (Å²) in [6.45, 7) is 1.88. The van der Waals surface area contributed by atoms with E-state index in [4.69, 9.17) is 0 Å². The van der Waals surface area contributed by atoms with E-state index in [1.54, 1.807) is 0 Å². The van der Waals surface area contributed by atoms with Crippen LogP contribution in [-0.4, -0.2) is 24.3 Å². The monoisotopic (exact) mass is 369 g/mol. The van der Waals surface area contributed by atoms with Gasteiger partial charge in [-0.2, -0.15) is 0 Å². The summed E-state index contributed by atoms with van der Waals surface area (Å²) in [7, 11) is 0. The number of aldehydes is 1. The summed E-state index contributed by atoms with van der Waals surface area (Å²) in [5.41, 5.74) is 3.47. The minimum atomic E-state index is -0.360. The first-order valence-corrected chi connectivity index (χ1v) is 10.2. The molecule has 1 heterocycles. The average Bonchev–Trinajstić information content (AvgIpc) is 3.03. The van der Waals surface area contributed by atoms with Crippen LogP contribution in [0.15, 0.2) is 91.0 Å². The van der Waals surface area contributed by atoms with Gasteiger partial charge in [-0.25, -0.2) is 0 Å². The highest BCUT2D eigenvalue weighted by Crippen LogP contribution is 2.43. The molecule has 1 saturated heterocycles. The van der Waals surface area contributed by atoms with E-state index in [2.05, 4.69) is 95.9 Å². The molecule has 4 rings (SSSR count). The molecule has 1 atom stereocenters. The van der Waals surface area contributed by atoms with Gasteiger partial charge in [0, 0.05) is 12.5 Å². The number of rotatable bonds is 5. The summed E-state index contributed by atoms with van der Waals surface area (Å²) in [4.78, 5) is 14.1. The molecule has 0 radical (unpaired) electrons. The van der Waals surface area contributed by atoms with Gasteiger partial charge in [0.15, 0.2) is 0 Å². The first-order valence-electron chi connectivity index (χ1n) is 10.2. The summed E-state index contributed by atoms with van der Waals surface area (Å²) < 4.78 is 0. The number of benzene rings is 3. The maximum absolute atomic E-state index is 11.5. The summed E-state index contributed by atoms with van der Waals surface area (Å²) in [5.74, 6) is 0.171. The number of nitrogens with zero attached hydrogens (tertiary/aromatic N) is 1. The SMILES string of the molecule is O=CC1CCCN(C(c2ccccc2)(c2ccccc2)c2ccccc2)CC1. The molecule has 2 heteroatoms. The van der Waals surface area contributed by atoms with Crippen LogP contribution in [0, 0.1) is 5.92 Å². The van der Waals surface area contributed by atoms with Gasteiger partial charge in [-0.15, -0.1) is 0 Å². The Kier molecular flexibility index (Phi) is 5.68. The van der Waals surface area contributed by atoms with Crippen molar-refractivity contribution in [2.75, 3.05) is 13.1 Å². The third-order valence-electron chi connectivity index (χ3n) is 6.01. The lowest BCUT2D eigenvalue weighted by molar-refractivity contribution is -0.111. The van der Waals surface area contributed by atoms with Crippen LogP contribution in [0.1, 0.15) is 36.0 Å². The number of carbonyl (C=O) groups excluding carboxylic acids is 1. The predicted molar refractivity (Wildman–Crippen MR) is 114 cm³/mol. The Morgan fingerprint density at radius 3 is 1.57 bits per heavy atom. The first-order chi connectivity index (χ1) is 13.9. The molecular formula is C26H27NO. The normalized spacial score (nSPS) is 18.4. The lowest BCUT2D eigenvalue weighted by Gasteiger charge is -2.45. The fraction of sp³-hybridized carbons (Fsp3) is 0.269. The molecular weight excluding hydrogens is 342 g/mol. The fourth-order valence-electron chi connectivity index (χ4n) is 4.68. The lowest BCUT2D eigenvalue weighted by Crippen LogP contribution is -2.48. The second-order valence-electron chi connectivity index (χ2n) is 7.62. The van der Waals surface area contributed by atoms with E-state index in [0.717, 1.165) is 38.6 Å². The van der Waals surface area contributed by atoms with Crippen LogP contribution in [0.3, 0.4) is 0 Å². The van der Waals surface area contributed by atoms with Gasteiger partial charge in [0.25, 0.3) is 0 Å². The zero-order chi connectivity index (χ0) is 19.2. The van der Waals surface area contributed by atoms with Crippen LogP contribution >= 0.6 is 0 Å². The van der Waals surface area contributed by atoms with Crippen LogP contribution < -0.4 is 0 Å². The highest BCUT2D eigenvalue weighted by Gasteiger charge is 2.42. The minimum Gasteiger partial charge on any atom is -0.303 e. The van der Waals surface area contributed by atoms with Crippen LogP contribution in [-0.2, 0) is 10.3 Å². The molecule has 28 heavy (non-hydrogen) atoms. The molecule has 3 aromatic rings. The molecule has 1 unspecified atom stereocenters. The molecule has 3 aromatic carbocycles. The molecule has 0 saturated carbocycles. The molecule has 1 aliphatic heterocycles. The van der Waals surface area contributed by atoms with E-state index in [0.29, 0.717) is 0 Å². The molecule has 0 aliphatic carbocycles. The zero-order valence-corrected chi connectivity index (χ0v) is 16.2. The third kappa shape index (κ3) is 3.41. The summed E-state index contributed by atoms with van der Waals surface area (Å²) in [5, 5.41) is 0. The molecule has 1 fully saturated rings. The number of likely N-dealkylation sites (tertiary alicyclic amines) is 1. The molecule has 0 spiro atoms. The molecule has 0 amide bonds. The van der Waals surface area contributed by atoms with Gasteiger partial charge in [0.1, 0.15) is 6.29 Å². The Bertz CT molecular complexity index is 779. The van der Waals surface area contributed by atoms with Crippen molar-refractivity contribution in [3.8, 4) is 0 Å².